The first-order chi connectivity index (χ1) is 20.6. The summed E-state index contributed by atoms with van der Waals surface area (Å²) in [7, 11) is 1.34. The van der Waals surface area contributed by atoms with E-state index in [-0.39, 0.29) is 25.8 Å². The second-order valence-corrected chi connectivity index (χ2v) is 13.9. The zero-order valence-electron chi connectivity index (χ0n) is 28.4. The predicted octanol–water partition coefficient (Wildman–Crippen LogP) is 8.30. The third kappa shape index (κ3) is 32.2. The second-order valence-electron chi connectivity index (χ2n) is 12.5. The zero-order valence-corrected chi connectivity index (χ0v) is 29.3. The summed E-state index contributed by atoms with van der Waals surface area (Å²) in [5.41, 5.74) is 0. The third-order valence-corrected chi connectivity index (χ3v) is 7.97. The van der Waals surface area contributed by atoms with Crippen LogP contribution in [0.1, 0.15) is 129 Å². The lowest BCUT2D eigenvalue weighted by Crippen LogP contribution is -2.37. The van der Waals surface area contributed by atoms with Crippen LogP contribution in [0.4, 0.5) is 0 Å². The molecule has 0 aromatic carbocycles. The number of nitrogens with zero attached hydrogens (tertiary/aromatic N) is 1. The van der Waals surface area contributed by atoms with Crippen molar-refractivity contribution < 1.29 is 37.3 Å². The van der Waals surface area contributed by atoms with E-state index in [0.29, 0.717) is 24.1 Å². The fourth-order valence-corrected chi connectivity index (χ4v) is 5.01. The SMILES string of the molecule is CCCCCC/C=C\C/C=C\CCCCCCCCOCC(COP(=O)([O-])OCC[N+](C)(C)C)OC(=O)CCCCCC. The van der Waals surface area contributed by atoms with Crippen LogP contribution in [0.25, 0.3) is 0 Å². The highest BCUT2D eigenvalue weighted by molar-refractivity contribution is 7.45. The summed E-state index contributed by atoms with van der Waals surface area (Å²) in [6, 6.07) is 0. The highest BCUT2D eigenvalue weighted by Crippen LogP contribution is 2.38. The number of phosphoric ester groups is 1. The van der Waals surface area contributed by atoms with Crippen LogP contribution >= 0.6 is 7.82 Å². The number of phosphoric acid groups is 1. The summed E-state index contributed by atoms with van der Waals surface area (Å²) in [5, 5.41) is 0. The molecule has 0 saturated carbocycles. The highest BCUT2D eigenvalue weighted by Gasteiger charge is 2.20. The Labute approximate surface area is 264 Å². The molecule has 43 heavy (non-hydrogen) atoms. The van der Waals surface area contributed by atoms with Crippen LogP contribution in [0.2, 0.25) is 0 Å². The number of likely N-dealkylation sites (N-methyl/N-ethyl adjacent to an activating group) is 1. The Morgan fingerprint density at radius 1 is 0.721 bits per heavy atom. The molecule has 0 N–H and O–H groups in total. The molecule has 0 aromatic rings. The first-order valence-electron chi connectivity index (χ1n) is 17.1. The van der Waals surface area contributed by atoms with Gasteiger partial charge in [0, 0.05) is 13.0 Å². The van der Waals surface area contributed by atoms with E-state index in [2.05, 4.69) is 38.2 Å². The molecule has 0 amide bonds. The summed E-state index contributed by atoms with van der Waals surface area (Å²) >= 11 is 0. The minimum atomic E-state index is -4.50. The molecule has 0 spiro atoms. The van der Waals surface area contributed by atoms with Gasteiger partial charge in [0.05, 0.1) is 34.4 Å². The fraction of sp³-hybridized carbons (Fsp3) is 0.853. The minimum absolute atomic E-state index is 0.0241. The van der Waals surface area contributed by atoms with Gasteiger partial charge >= 0.3 is 5.97 Å². The normalized spacial score (nSPS) is 14.5. The number of hydrogen-bond acceptors (Lipinski definition) is 7. The molecule has 0 aliphatic carbocycles. The van der Waals surface area contributed by atoms with E-state index >= 15 is 0 Å². The lowest BCUT2D eigenvalue weighted by Gasteiger charge is -2.28. The van der Waals surface area contributed by atoms with Crippen molar-refractivity contribution in [3.8, 4) is 0 Å². The molecule has 0 aliphatic rings. The lowest BCUT2D eigenvalue weighted by atomic mass is 10.1. The topological polar surface area (TPSA) is 94.1 Å². The number of hydrogen-bond donors (Lipinski definition) is 0. The molecule has 8 nitrogen and oxygen atoms in total. The molecule has 254 valence electrons. The van der Waals surface area contributed by atoms with E-state index in [1.807, 2.05) is 21.1 Å². The predicted molar refractivity (Wildman–Crippen MR) is 176 cm³/mol. The van der Waals surface area contributed by atoms with E-state index in [9.17, 15) is 14.3 Å². The lowest BCUT2D eigenvalue weighted by molar-refractivity contribution is -0.870. The van der Waals surface area contributed by atoms with E-state index in [1.54, 1.807) is 0 Å². The number of esters is 1. The largest absolute Gasteiger partial charge is 0.756 e. The summed E-state index contributed by atoms with van der Waals surface area (Å²) < 4.78 is 34.0. The van der Waals surface area contributed by atoms with Gasteiger partial charge in [-0.3, -0.25) is 9.36 Å². The maximum Gasteiger partial charge on any atom is 0.306 e. The van der Waals surface area contributed by atoms with Crippen molar-refractivity contribution in [3.05, 3.63) is 24.3 Å². The number of allylic oxidation sites excluding steroid dienone is 4. The van der Waals surface area contributed by atoms with Crippen LogP contribution in [0, 0.1) is 0 Å². The molecule has 0 rings (SSSR count). The van der Waals surface area contributed by atoms with Crippen molar-refractivity contribution in [3.63, 3.8) is 0 Å². The number of unbranched alkanes of at least 4 members (excludes halogenated alkanes) is 13. The maximum atomic E-state index is 12.3. The van der Waals surface area contributed by atoms with Crippen molar-refractivity contribution >= 4 is 13.8 Å². The average Bonchev–Trinajstić information content (AvgIpc) is 2.94. The standard InChI is InChI=1S/C34H66NO7P/c1-6-8-10-12-13-14-15-16-17-18-19-20-21-22-23-24-26-29-39-31-33(42-34(36)27-25-11-9-7-2)32-41-43(37,38)40-30-28-35(3,4)5/h14-15,17-18,33H,6-13,16,19-32H2,1-5H3/b15-14-,18-17-. The van der Waals surface area contributed by atoms with E-state index in [1.165, 1.54) is 51.4 Å². The van der Waals surface area contributed by atoms with Crippen molar-refractivity contribution in [2.45, 2.75) is 136 Å². The van der Waals surface area contributed by atoms with Gasteiger partial charge in [-0.2, -0.15) is 0 Å². The number of carbonyl (C=O) groups excluding carboxylic acids is 1. The van der Waals surface area contributed by atoms with Crippen LogP contribution in [0.3, 0.4) is 0 Å². The van der Waals surface area contributed by atoms with Gasteiger partial charge in [0.25, 0.3) is 7.82 Å². The Kier molecular flexibility index (Phi) is 27.8. The number of carbonyl (C=O) groups is 1. The van der Waals surface area contributed by atoms with Crippen LogP contribution in [-0.4, -0.2) is 70.7 Å². The smallest absolute Gasteiger partial charge is 0.306 e. The Morgan fingerprint density at radius 2 is 1.28 bits per heavy atom. The van der Waals surface area contributed by atoms with E-state index in [0.717, 1.165) is 57.8 Å². The van der Waals surface area contributed by atoms with Crippen molar-refractivity contribution in [1.82, 2.24) is 0 Å². The molecular weight excluding hydrogens is 565 g/mol. The van der Waals surface area contributed by atoms with Gasteiger partial charge in [-0.15, -0.1) is 0 Å². The number of ether oxygens (including phenoxy) is 2. The van der Waals surface area contributed by atoms with Gasteiger partial charge in [0.1, 0.15) is 19.3 Å². The first kappa shape index (κ1) is 42.0. The minimum Gasteiger partial charge on any atom is -0.756 e. The molecule has 2 unspecified atom stereocenters. The molecule has 0 bridgehead atoms. The molecule has 2 atom stereocenters. The molecule has 9 heteroatoms. The maximum absolute atomic E-state index is 12.3. The molecule has 0 radical (unpaired) electrons. The first-order valence-corrected chi connectivity index (χ1v) is 18.5. The fourth-order valence-electron chi connectivity index (χ4n) is 4.28. The van der Waals surface area contributed by atoms with Crippen molar-refractivity contribution in [2.24, 2.45) is 0 Å². The Bertz CT molecular complexity index is 752. The van der Waals surface area contributed by atoms with Gasteiger partial charge in [0.2, 0.25) is 0 Å². The molecule has 0 aliphatic heterocycles. The third-order valence-electron chi connectivity index (χ3n) is 7.01. The Balaban J connectivity index is 4.14. The van der Waals surface area contributed by atoms with Gasteiger partial charge < -0.3 is 27.9 Å². The van der Waals surface area contributed by atoms with Gasteiger partial charge in [0.15, 0.2) is 0 Å². The van der Waals surface area contributed by atoms with Gasteiger partial charge in [-0.1, -0.05) is 102 Å². The quantitative estimate of drug-likeness (QED) is 0.0250. The summed E-state index contributed by atoms with van der Waals surface area (Å²) in [4.78, 5) is 24.5. The van der Waals surface area contributed by atoms with Crippen molar-refractivity contribution in [1.29, 1.82) is 0 Å². The summed E-state index contributed by atoms with van der Waals surface area (Å²) in [6.45, 7) is 5.22. The number of rotatable bonds is 31. The molecule has 0 aromatic heterocycles. The Morgan fingerprint density at radius 3 is 1.88 bits per heavy atom. The molecule has 0 fully saturated rings. The molecule has 0 saturated heterocycles. The zero-order chi connectivity index (χ0) is 32.1. The van der Waals surface area contributed by atoms with Gasteiger partial charge in [-0.05, 0) is 44.9 Å². The average molecular weight is 632 g/mol. The van der Waals surface area contributed by atoms with Crippen LogP contribution in [0.5, 0.6) is 0 Å². The Hall–Kier alpha value is -1.02. The summed E-state index contributed by atoms with van der Waals surface area (Å²) in [5.74, 6) is -0.357. The summed E-state index contributed by atoms with van der Waals surface area (Å²) in [6.07, 6.45) is 28.1. The van der Waals surface area contributed by atoms with Crippen LogP contribution < -0.4 is 4.89 Å². The van der Waals surface area contributed by atoms with Gasteiger partial charge in [-0.25, -0.2) is 0 Å². The van der Waals surface area contributed by atoms with E-state index in [4.69, 9.17) is 18.5 Å². The van der Waals surface area contributed by atoms with Crippen LogP contribution in [0.15, 0.2) is 24.3 Å². The molecular formula is C34H66NO7P. The van der Waals surface area contributed by atoms with E-state index < -0.39 is 13.9 Å². The van der Waals surface area contributed by atoms with Crippen molar-refractivity contribution in [2.75, 3.05) is 54.1 Å². The molecule has 0 heterocycles. The second kappa shape index (κ2) is 28.5. The highest BCUT2D eigenvalue weighted by atomic mass is 31.2. The monoisotopic (exact) mass is 631 g/mol. The number of quaternary nitrogens is 1. The van der Waals surface area contributed by atoms with Crippen LogP contribution in [-0.2, 0) is 27.9 Å².